The van der Waals surface area contributed by atoms with Gasteiger partial charge in [0.25, 0.3) is 0 Å². The van der Waals surface area contributed by atoms with Crippen LogP contribution in [0, 0.1) is 0 Å². The second-order valence-corrected chi connectivity index (χ2v) is 7.11. The molecule has 0 saturated heterocycles. The first kappa shape index (κ1) is 17.5. The Kier molecular flexibility index (Phi) is 5.81. The number of amides is 1. The Bertz CT molecular complexity index is 742. The minimum absolute atomic E-state index is 0.00165. The van der Waals surface area contributed by atoms with E-state index in [4.69, 9.17) is 16.0 Å². The molecule has 2 aromatic rings. The van der Waals surface area contributed by atoms with Gasteiger partial charge in [0.2, 0.25) is 15.9 Å². The van der Waals surface area contributed by atoms with E-state index >= 15 is 0 Å². The van der Waals surface area contributed by atoms with Crippen molar-refractivity contribution in [1.82, 2.24) is 10.0 Å². The highest BCUT2D eigenvalue weighted by molar-refractivity contribution is 7.89. The first-order valence-electron chi connectivity index (χ1n) is 6.96. The summed E-state index contributed by atoms with van der Waals surface area (Å²) < 4.78 is 31.6. The number of benzene rings is 1. The average molecular weight is 357 g/mol. The third-order valence-electron chi connectivity index (χ3n) is 3.12. The quantitative estimate of drug-likeness (QED) is 0.797. The lowest BCUT2D eigenvalue weighted by Crippen LogP contribution is -2.32. The van der Waals surface area contributed by atoms with Gasteiger partial charge < -0.3 is 9.73 Å². The maximum Gasteiger partial charge on any atom is 0.240 e. The van der Waals surface area contributed by atoms with Crippen molar-refractivity contribution in [2.45, 2.75) is 24.3 Å². The van der Waals surface area contributed by atoms with Crippen LogP contribution in [0.1, 0.15) is 25.1 Å². The lowest BCUT2D eigenvalue weighted by atomic mass is 10.2. The van der Waals surface area contributed by atoms with Crippen molar-refractivity contribution < 1.29 is 17.6 Å². The molecule has 1 amide bonds. The van der Waals surface area contributed by atoms with Gasteiger partial charge in [-0.1, -0.05) is 11.6 Å². The van der Waals surface area contributed by atoms with E-state index in [0.29, 0.717) is 10.8 Å². The molecule has 0 radical (unpaired) electrons. The maximum absolute atomic E-state index is 12.0. The van der Waals surface area contributed by atoms with Crippen molar-refractivity contribution in [3.8, 4) is 0 Å². The van der Waals surface area contributed by atoms with Gasteiger partial charge >= 0.3 is 0 Å². The Balaban J connectivity index is 1.82. The smallest absolute Gasteiger partial charge is 0.240 e. The van der Waals surface area contributed by atoms with Crippen LogP contribution in [0.15, 0.2) is 52.0 Å². The second-order valence-electron chi connectivity index (χ2n) is 4.91. The molecule has 2 N–H and O–H groups in total. The molecule has 8 heteroatoms. The van der Waals surface area contributed by atoms with Crippen LogP contribution in [-0.2, 0) is 14.8 Å². The first-order valence-corrected chi connectivity index (χ1v) is 8.82. The summed E-state index contributed by atoms with van der Waals surface area (Å²) in [5.41, 5.74) is 0. The van der Waals surface area contributed by atoms with Gasteiger partial charge in [0.05, 0.1) is 17.2 Å². The molecule has 1 aromatic carbocycles. The lowest BCUT2D eigenvalue weighted by Gasteiger charge is -2.12. The van der Waals surface area contributed by atoms with E-state index in [1.807, 2.05) is 0 Å². The summed E-state index contributed by atoms with van der Waals surface area (Å²) in [7, 11) is -3.65. The molecule has 2 rings (SSSR count). The topological polar surface area (TPSA) is 88.4 Å². The number of nitrogens with one attached hydrogen (secondary N) is 2. The molecular weight excluding hydrogens is 340 g/mol. The zero-order valence-corrected chi connectivity index (χ0v) is 14.0. The third kappa shape index (κ3) is 5.09. The lowest BCUT2D eigenvalue weighted by molar-refractivity contribution is -0.121. The molecule has 6 nitrogen and oxygen atoms in total. The Labute approximate surface area is 139 Å². The van der Waals surface area contributed by atoms with E-state index < -0.39 is 10.0 Å². The Morgan fingerprint density at radius 3 is 2.57 bits per heavy atom. The highest BCUT2D eigenvalue weighted by Crippen LogP contribution is 2.14. The summed E-state index contributed by atoms with van der Waals surface area (Å²) in [5.74, 6) is 0.368. The molecule has 0 unspecified atom stereocenters. The number of furan rings is 1. The van der Waals surface area contributed by atoms with Crippen molar-refractivity contribution in [2.24, 2.45) is 0 Å². The first-order chi connectivity index (χ1) is 10.9. The summed E-state index contributed by atoms with van der Waals surface area (Å²) in [4.78, 5) is 11.9. The molecule has 0 aliphatic carbocycles. The number of carbonyl (C=O) groups is 1. The van der Waals surface area contributed by atoms with E-state index in [0.717, 1.165) is 0 Å². The van der Waals surface area contributed by atoms with Crippen LogP contribution in [0.2, 0.25) is 5.02 Å². The van der Waals surface area contributed by atoms with Crippen LogP contribution in [-0.4, -0.2) is 20.9 Å². The number of hydrogen-bond acceptors (Lipinski definition) is 4. The van der Waals surface area contributed by atoms with E-state index in [1.54, 1.807) is 19.1 Å². The predicted molar refractivity (Wildman–Crippen MR) is 86.5 cm³/mol. The minimum atomic E-state index is -3.65. The summed E-state index contributed by atoms with van der Waals surface area (Å²) >= 11 is 5.72. The van der Waals surface area contributed by atoms with E-state index in [1.165, 1.54) is 30.5 Å². The molecular formula is C15H17ClN2O4S. The minimum Gasteiger partial charge on any atom is -0.467 e. The Hall–Kier alpha value is -1.83. The van der Waals surface area contributed by atoms with Crippen LogP contribution in [0.3, 0.4) is 0 Å². The molecule has 0 saturated carbocycles. The number of rotatable bonds is 7. The second kappa shape index (κ2) is 7.63. The summed E-state index contributed by atoms with van der Waals surface area (Å²) in [6, 6.07) is 9.02. The predicted octanol–water partition coefficient (Wildman–Crippen LogP) is 2.48. The van der Waals surface area contributed by atoms with Gasteiger partial charge in [-0.2, -0.15) is 0 Å². The number of halogens is 1. The van der Waals surface area contributed by atoms with Crippen molar-refractivity contribution >= 4 is 27.5 Å². The van der Waals surface area contributed by atoms with Crippen LogP contribution < -0.4 is 10.0 Å². The molecule has 1 atom stereocenters. The fraction of sp³-hybridized carbons (Fsp3) is 0.267. The zero-order chi connectivity index (χ0) is 16.9. The van der Waals surface area contributed by atoms with Gasteiger partial charge in [-0.3, -0.25) is 4.79 Å². The van der Waals surface area contributed by atoms with E-state index in [-0.39, 0.29) is 29.8 Å². The number of hydrogen-bond donors (Lipinski definition) is 2. The van der Waals surface area contributed by atoms with Crippen LogP contribution in [0.4, 0.5) is 0 Å². The summed E-state index contributed by atoms with van der Waals surface area (Å²) in [6.07, 6.45) is 1.55. The molecule has 0 spiro atoms. The van der Waals surface area contributed by atoms with Crippen molar-refractivity contribution in [2.75, 3.05) is 6.54 Å². The highest BCUT2D eigenvalue weighted by atomic mass is 35.5. The van der Waals surface area contributed by atoms with Crippen molar-refractivity contribution in [3.05, 3.63) is 53.4 Å². The van der Waals surface area contributed by atoms with Crippen LogP contribution in [0.5, 0.6) is 0 Å². The van der Waals surface area contributed by atoms with Crippen molar-refractivity contribution in [1.29, 1.82) is 0 Å². The van der Waals surface area contributed by atoms with Gasteiger partial charge in [-0.25, -0.2) is 13.1 Å². The fourth-order valence-corrected chi connectivity index (χ4v) is 3.08. The van der Waals surface area contributed by atoms with E-state index in [2.05, 4.69) is 10.0 Å². The van der Waals surface area contributed by atoms with Gasteiger partial charge in [-0.05, 0) is 43.3 Å². The molecule has 1 aromatic heterocycles. The van der Waals surface area contributed by atoms with Gasteiger partial charge in [0, 0.05) is 18.0 Å². The van der Waals surface area contributed by atoms with E-state index in [9.17, 15) is 13.2 Å². The third-order valence-corrected chi connectivity index (χ3v) is 4.84. The normalized spacial score (nSPS) is 12.8. The SMILES string of the molecule is C[C@H](NC(=O)CCNS(=O)(=O)c1ccc(Cl)cc1)c1ccco1. The van der Waals surface area contributed by atoms with Crippen LogP contribution >= 0.6 is 11.6 Å². The molecule has 124 valence electrons. The molecule has 0 aliphatic heterocycles. The van der Waals surface area contributed by atoms with Gasteiger partial charge in [0.15, 0.2) is 0 Å². The number of sulfonamides is 1. The average Bonchev–Trinajstić information content (AvgIpc) is 3.01. The summed E-state index contributed by atoms with van der Waals surface area (Å²) in [6.45, 7) is 1.79. The zero-order valence-electron chi connectivity index (χ0n) is 12.5. The van der Waals surface area contributed by atoms with Crippen LogP contribution in [0.25, 0.3) is 0 Å². The Morgan fingerprint density at radius 2 is 1.96 bits per heavy atom. The molecule has 0 bridgehead atoms. The summed E-state index contributed by atoms with van der Waals surface area (Å²) in [5, 5.41) is 3.18. The maximum atomic E-state index is 12.0. The number of carbonyl (C=O) groups excluding carboxylic acids is 1. The molecule has 1 heterocycles. The van der Waals surface area contributed by atoms with Gasteiger partial charge in [0.1, 0.15) is 5.76 Å². The molecule has 0 fully saturated rings. The molecule has 0 aliphatic rings. The standard InChI is InChI=1S/C15H17ClN2O4S/c1-11(14-3-2-10-22-14)18-15(19)8-9-17-23(20,21)13-6-4-12(16)5-7-13/h2-7,10-11,17H,8-9H2,1H3,(H,18,19)/t11-/m0/s1. The monoisotopic (exact) mass is 356 g/mol. The fourth-order valence-electron chi connectivity index (χ4n) is 1.92. The molecule has 23 heavy (non-hydrogen) atoms. The van der Waals surface area contributed by atoms with Gasteiger partial charge in [-0.15, -0.1) is 0 Å². The highest BCUT2D eigenvalue weighted by Gasteiger charge is 2.15. The largest absolute Gasteiger partial charge is 0.467 e. The van der Waals surface area contributed by atoms with Crippen molar-refractivity contribution in [3.63, 3.8) is 0 Å². The Morgan fingerprint density at radius 1 is 1.26 bits per heavy atom.